The smallest absolute Gasteiger partial charge is 0.251 e. The normalized spacial score (nSPS) is 8.14. The highest BCUT2D eigenvalue weighted by Gasteiger charge is 2.05. The number of hydrogen-bond acceptors (Lipinski definition) is 3. The number of benzene rings is 1. The molecule has 0 atom stereocenters. The van der Waals surface area contributed by atoms with Crippen molar-refractivity contribution in [3.8, 4) is 6.07 Å². The first-order chi connectivity index (χ1) is 6.77. The highest BCUT2D eigenvalue weighted by molar-refractivity contribution is 8.09. The topological polar surface area (TPSA) is 40.9 Å². The van der Waals surface area contributed by atoms with E-state index in [2.05, 4.69) is 0 Å². The largest absolute Gasteiger partial charge is 0.279 e. The predicted octanol–water partition coefficient (Wildman–Crippen LogP) is 3.34. The molecule has 0 heterocycles. The van der Waals surface area contributed by atoms with Gasteiger partial charge in [0.2, 0.25) is 0 Å². The second-order valence-corrected chi connectivity index (χ2v) is 2.58. The van der Waals surface area contributed by atoms with Crippen LogP contribution in [0.3, 0.4) is 0 Å². The molecule has 0 bridgehead atoms. The fourth-order valence-corrected chi connectivity index (χ4v) is 0.951. The molecule has 0 N–H and O–H groups in total. The van der Waals surface area contributed by atoms with E-state index in [1.165, 1.54) is 24.3 Å². The Morgan fingerprint density at radius 1 is 1.36 bits per heavy atom. The molecule has 0 amide bonds. The van der Waals surface area contributed by atoms with Gasteiger partial charge >= 0.3 is 0 Å². The zero-order valence-corrected chi connectivity index (χ0v) is 8.77. The fraction of sp³-hybridized carbons (Fsp3) is 0.200. The Balaban J connectivity index is 0.000000791. The van der Waals surface area contributed by atoms with E-state index in [0.29, 0.717) is 5.56 Å². The van der Waals surface area contributed by atoms with Gasteiger partial charge in [-0.15, -0.1) is 0 Å². The molecule has 1 aromatic rings. The maximum absolute atomic E-state index is 11.8. The van der Waals surface area contributed by atoms with Gasteiger partial charge in [0.1, 0.15) is 12.1 Å². The SMILES string of the molecule is CC.N#Cc1ccc(C(=O)SF)cc1. The molecule has 1 aromatic carbocycles. The zero-order valence-electron chi connectivity index (χ0n) is 7.95. The van der Waals surface area contributed by atoms with Gasteiger partial charge in [0.05, 0.1) is 11.6 Å². The van der Waals surface area contributed by atoms with Crippen molar-refractivity contribution in [2.45, 2.75) is 13.8 Å². The Morgan fingerprint density at radius 2 is 1.86 bits per heavy atom. The summed E-state index contributed by atoms with van der Waals surface area (Å²) in [6.45, 7) is 4.00. The third-order valence-electron chi connectivity index (χ3n) is 1.32. The molecule has 2 nitrogen and oxygen atoms in total. The van der Waals surface area contributed by atoms with Crippen LogP contribution in [0.5, 0.6) is 0 Å². The van der Waals surface area contributed by atoms with Crippen LogP contribution in [0.15, 0.2) is 24.3 Å². The zero-order chi connectivity index (χ0) is 11.0. The Labute approximate surface area is 87.0 Å². The molecule has 1 rings (SSSR count). The number of carbonyl (C=O) groups excluding carboxylic acids is 1. The molecule has 4 heteroatoms. The molecule has 74 valence electrons. The summed E-state index contributed by atoms with van der Waals surface area (Å²) in [6, 6.07) is 7.70. The summed E-state index contributed by atoms with van der Waals surface area (Å²) in [4.78, 5) is 10.7. The minimum Gasteiger partial charge on any atom is -0.279 e. The van der Waals surface area contributed by atoms with Crippen LogP contribution >= 0.6 is 12.1 Å². The van der Waals surface area contributed by atoms with Crippen molar-refractivity contribution < 1.29 is 8.68 Å². The van der Waals surface area contributed by atoms with Crippen LogP contribution in [0.25, 0.3) is 0 Å². The number of carbonyl (C=O) groups is 1. The Bertz CT molecular complexity index is 329. The van der Waals surface area contributed by atoms with E-state index in [-0.39, 0.29) is 17.7 Å². The summed E-state index contributed by atoms with van der Waals surface area (Å²) in [7, 11) is 0. The first-order valence-electron chi connectivity index (χ1n) is 4.11. The first kappa shape index (κ1) is 12.7. The monoisotopic (exact) mass is 211 g/mol. The van der Waals surface area contributed by atoms with Gasteiger partial charge in [0.25, 0.3) is 5.12 Å². The lowest BCUT2D eigenvalue weighted by molar-refractivity contribution is 0.108. The second-order valence-electron chi connectivity index (χ2n) is 2.05. The molecule has 0 aliphatic rings. The predicted molar refractivity (Wildman–Crippen MR) is 55.5 cm³/mol. The number of nitrogens with zero attached hydrogens (tertiary/aromatic N) is 1. The molecule has 0 radical (unpaired) electrons. The van der Waals surface area contributed by atoms with Crippen molar-refractivity contribution >= 4 is 17.3 Å². The van der Waals surface area contributed by atoms with E-state index in [1.807, 2.05) is 19.9 Å². The molecule has 0 unspecified atom stereocenters. The maximum Gasteiger partial charge on any atom is 0.251 e. The van der Waals surface area contributed by atoms with Crippen LogP contribution in [0, 0.1) is 11.3 Å². The lowest BCUT2D eigenvalue weighted by atomic mass is 10.2. The van der Waals surface area contributed by atoms with Crippen LogP contribution in [0.1, 0.15) is 29.8 Å². The average molecular weight is 211 g/mol. The van der Waals surface area contributed by atoms with Crippen LogP contribution in [0.4, 0.5) is 3.89 Å². The van der Waals surface area contributed by atoms with Gasteiger partial charge in [-0.05, 0) is 24.3 Å². The molecular weight excluding hydrogens is 201 g/mol. The Kier molecular flexibility index (Phi) is 6.42. The van der Waals surface area contributed by atoms with E-state index in [4.69, 9.17) is 5.26 Å². The standard InChI is InChI=1S/C8H4FNOS.C2H6/c9-12-8(11)7-3-1-6(5-10)2-4-7;1-2/h1-4H;1-2H3. The highest BCUT2D eigenvalue weighted by Crippen LogP contribution is 2.13. The molecular formula is C10H10FNOS. The fourth-order valence-electron chi connectivity index (χ4n) is 0.725. The van der Waals surface area contributed by atoms with Crippen molar-refractivity contribution in [2.75, 3.05) is 0 Å². The first-order valence-corrected chi connectivity index (χ1v) is 4.82. The van der Waals surface area contributed by atoms with Gasteiger partial charge in [-0.1, -0.05) is 13.8 Å². The van der Waals surface area contributed by atoms with Gasteiger partial charge in [-0.25, -0.2) is 0 Å². The molecule has 0 aliphatic carbocycles. The van der Waals surface area contributed by atoms with E-state index in [9.17, 15) is 8.68 Å². The van der Waals surface area contributed by atoms with Gasteiger partial charge in [-0.3, -0.25) is 4.79 Å². The number of halogens is 1. The van der Waals surface area contributed by atoms with Crippen LogP contribution in [-0.4, -0.2) is 5.12 Å². The van der Waals surface area contributed by atoms with Gasteiger partial charge in [-0.2, -0.15) is 9.15 Å². The minimum atomic E-state index is -0.639. The molecule has 0 fully saturated rings. The van der Waals surface area contributed by atoms with Gasteiger partial charge < -0.3 is 0 Å². The molecule has 0 saturated carbocycles. The molecule has 0 aromatic heterocycles. The van der Waals surface area contributed by atoms with Crippen molar-refractivity contribution in [1.82, 2.24) is 0 Å². The van der Waals surface area contributed by atoms with Gasteiger partial charge in [0.15, 0.2) is 0 Å². The number of hydrogen-bond donors (Lipinski definition) is 0. The molecule has 14 heavy (non-hydrogen) atoms. The van der Waals surface area contributed by atoms with Crippen LogP contribution in [-0.2, 0) is 0 Å². The number of rotatable bonds is 1. The summed E-state index contributed by atoms with van der Waals surface area (Å²) in [6.07, 6.45) is 0. The third-order valence-corrected chi connectivity index (χ3v) is 1.70. The van der Waals surface area contributed by atoms with Crippen molar-refractivity contribution in [3.05, 3.63) is 35.4 Å². The van der Waals surface area contributed by atoms with Crippen LogP contribution in [0.2, 0.25) is 0 Å². The quantitative estimate of drug-likeness (QED) is 0.715. The van der Waals surface area contributed by atoms with E-state index >= 15 is 0 Å². The van der Waals surface area contributed by atoms with Crippen LogP contribution < -0.4 is 0 Å². The third kappa shape index (κ3) is 3.58. The summed E-state index contributed by atoms with van der Waals surface area (Å²) < 4.78 is 11.8. The second kappa shape index (κ2) is 7.10. The number of nitriles is 1. The Hall–Kier alpha value is -1.34. The van der Waals surface area contributed by atoms with Crippen molar-refractivity contribution in [3.63, 3.8) is 0 Å². The molecule has 0 saturated heterocycles. The Morgan fingerprint density at radius 3 is 2.21 bits per heavy atom. The van der Waals surface area contributed by atoms with E-state index < -0.39 is 5.12 Å². The summed E-state index contributed by atoms with van der Waals surface area (Å²) >= 11 is -0.330. The van der Waals surface area contributed by atoms with Crippen molar-refractivity contribution in [2.24, 2.45) is 0 Å². The summed E-state index contributed by atoms with van der Waals surface area (Å²) in [5.74, 6) is 0. The minimum absolute atomic E-state index is 0.265. The summed E-state index contributed by atoms with van der Waals surface area (Å²) in [5.41, 5.74) is 0.719. The lowest BCUT2D eigenvalue weighted by Gasteiger charge is -1.93. The van der Waals surface area contributed by atoms with Gasteiger partial charge in [0, 0.05) is 5.56 Å². The van der Waals surface area contributed by atoms with Crippen molar-refractivity contribution in [1.29, 1.82) is 5.26 Å². The molecule has 0 aliphatic heterocycles. The molecule has 0 spiro atoms. The highest BCUT2D eigenvalue weighted by atomic mass is 32.2. The summed E-state index contributed by atoms with van der Waals surface area (Å²) in [5, 5.41) is 7.77. The average Bonchev–Trinajstić information content (AvgIpc) is 2.31. The van der Waals surface area contributed by atoms with E-state index in [0.717, 1.165) is 0 Å². The maximum atomic E-state index is 11.8. The van der Waals surface area contributed by atoms with E-state index in [1.54, 1.807) is 0 Å². The lowest BCUT2D eigenvalue weighted by Crippen LogP contribution is -1.89.